The second-order valence-electron chi connectivity index (χ2n) is 5.62. The summed E-state index contributed by atoms with van der Waals surface area (Å²) in [6.45, 7) is 14.2. The number of fused-ring (bicyclic) bond motifs is 1. The third kappa shape index (κ3) is 3.24. The molecule has 0 atom stereocenters. The first kappa shape index (κ1) is 14.1. The average molecular weight is 233 g/mol. The molecule has 0 bridgehead atoms. The lowest BCUT2D eigenvalue weighted by molar-refractivity contribution is 0.578. The Morgan fingerprint density at radius 2 is 1.76 bits per heavy atom. The predicted octanol–water partition coefficient (Wildman–Crippen LogP) is 4.68. The Balaban J connectivity index is 0.000000686. The van der Waals surface area contributed by atoms with E-state index in [0.29, 0.717) is 0 Å². The van der Waals surface area contributed by atoms with Crippen molar-refractivity contribution < 1.29 is 0 Å². The monoisotopic (exact) mass is 233 g/mol. The molecule has 0 radical (unpaired) electrons. The molecule has 0 saturated carbocycles. The molecule has 96 valence electrons. The van der Waals surface area contributed by atoms with Gasteiger partial charge in [-0.15, -0.1) is 0 Å². The number of benzene rings is 1. The standard InChI is InChI=1S/C14H21N.C2H6/c1-10-8-12(14(2,3)4)11-6-5-7-15-13(11)9-10;1-2/h8-9,15H,5-7H2,1-4H3;1-2H3. The van der Waals surface area contributed by atoms with E-state index in [-0.39, 0.29) is 5.41 Å². The number of aryl methyl sites for hydroxylation is 1. The number of hydrogen-bond acceptors (Lipinski definition) is 1. The van der Waals surface area contributed by atoms with Crippen LogP contribution in [0.25, 0.3) is 0 Å². The average Bonchev–Trinajstić information content (AvgIpc) is 2.29. The van der Waals surface area contributed by atoms with Crippen molar-refractivity contribution >= 4 is 5.69 Å². The van der Waals surface area contributed by atoms with Gasteiger partial charge in [-0.3, -0.25) is 0 Å². The zero-order valence-electron chi connectivity index (χ0n) is 12.3. The Morgan fingerprint density at radius 1 is 1.12 bits per heavy atom. The summed E-state index contributed by atoms with van der Waals surface area (Å²) >= 11 is 0. The van der Waals surface area contributed by atoms with Crippen LogP contribution in [0.1, 0.15) is 57.7 Å². The van der Waals surface area contributed by atoms with Crippen LogP contribution < -0.4 is 5.32 Å². The molecule has 1 aliphatic rings. The summed E-state index contributed by atoms with van der Waals surface area (Å²) in [5.74, 6) is 0. The molecule has 17 heavy (non-hydrogen) atoms. The van der Waals surface area contributed by atoms with Gasteiger partial charge in [0.2, 0.25) is 0 Å². The topological polar surface area (TPSA) is 12.0 Å². The van der Waals surface area contributed by atoms with Gasteiger partial charge in [-0.25, -0.2) is 0 Å². The van der Waals surface area contributed by atoms with Gasteiger partial charge in [-0.2, -0.15) is 0 Å². The van der Waals surface area contributed by atoms with Crippen LogP contribution >= 0.6 is 0 Å². The summed E-state index contributed by atoms with van der Waals surface area (Å²) in [5.41, 5.74) is 6.05. The van der Waals surface area contributed by atoms with Crippen molar-refractivity contribution in [2.24, 2.45) is 0 Å². The van der Waals surface area contributed by atoms with Crippen molar-refractivity contribution in [1.29, 1.82) is 0 Å². The number of hydrogen-bond donors (Lipinski definition) is 1. The van der Waals surface area contributed by atoms with Gasteiger partial charge < -0.3 is 5.32 Å². The highest BCUT2D eigenvalue weighted by Gasteiger charge is 2.22. The van der Waals surface area contributed by atoms with Crippen LogP contribution in [0, 0.1) is 6.92 Å². The maximum atomic E-state index is 3.52. The maximum absolute atomic E-state index is 3.52. The van der Waals surface area contributed by atoms with E-state index in [1.165, 1.54) is 29.7 Å². The summed E-state index contributed by atoms with van der Waals surface area (Å²) in [5, 5.41) is 3.52. The molecule has 0 unspecified atom stereocenters. The molecule has 1 N–H and O–H groups in total. The van der Waals surface area contributed by atoms with Gasteiger partial charge in [0.05, 0.1) is 0 Å². The Bertz CT molecular complexity index is 372. The van der Waals surface area contributed by atoms with Crippen molar-refractivity contribution in [2.45, 2.75) is 59.8 Å². The van der Waals surface area contributed by atoms with E-state index in [1.54, 1.807) is 5.56 Å². The van der Waals surface area contributed by atoms with Gasteiger partial charge in [0.25, 0.3) is 0 Å². The molecule has 0 aliphatic carbocycles. The van der Waals surface area contributed by atoms with Crippen molar-refractivity contribution in [2.75, 3.05) is 11.9 Å². The fraction of sp³-hybridized carbons (Fsp3) is 0.625. The first-order valence-corrected chi connectivity index (χ1v) is 6.86. The molecule has 0 saturated heterocycles. The predicted molar refractivity (Wildman–Crippen MR) is 78.0 cm³/mol. The van der Waals surface area contributed by atoms with Crippen LogP contribution in [0.5, 0.6) is 0 Å². The van der Waals surface area contributed by atoms with Crippen LogP contribution in [0.2, 0.25) is 0 Å². The summed E-state index contributed by atoms with van der Waals surface area (Å²) < 4.78 is 0. The molecular formula is C16H27N. The fourth-order valence-electron chi connectivity index (χ4n) is 2.40. The van der Waals surface area contributed by atoms with Crippen LogP contribution in [-0.2, 0) is 11.8 Å². The minimum Gasteiger partial charge on any atom is -0.385 e. The summed E-state index contributed by atoms with van der Waals surface area (Å²) in [7, 11) is 0. The molecular weight excluding hydrogens is 206 g/mol. The molecule has 1 nitrogen and oxygen atoms in total. The van der Waals surface area contributed by atoms with E-state index in [4.69, 9.17) is 0 Å². The van der Waals surface area contributed by atoms with E-state index < -0.39 is 0 Å². The number of rotatable bonds is 0. The largest absolute Gasteiger partial charge is 0.385 e. The lowest BCUT2D eigenvalue weighted by Crippen LogP contribution is -2.20. The highest BCUT2D eigenvalue weighted by molar-refractivity contribution is 5.59. The lowest BCUT2D eigenvalue weighted by atomic mass is 9.80. The molecule has 1 aromatic carbocycles. The Hall–Kier alpha value is -0.980. The smallest absolute Gasteiger partial charge is 0.0378 e. The Morgan fingerprint density at radius 3 is 2.35 bits per heavy atom. The number of nitrogens with one attached hydrogen (secondary N) is 1. The molecule has 0 aromatic heterocycles. The van der Waals surface area contributed by atoms with Crippen LogP contribution in [-0.4, -0.2) is 6.54 Å². The molecule has 0 spiro atoms. The van der Waals surface area contributed by atoms with E-state index in [9.17, 15) is 0 Å². The highest BCUT2D eigenvalue weighted by atomic mass is 14.9. The third-order valence-corrected chi connectivity index (χ3v) is 3.12. The molecule has 2 rings (SSSR count). The van der Waals surface area contributed by atoms with E-state index in [2.05, 4.69) is 45.1 Å². The van der Waals surface area contributed by atoms with E-state index >= 15 is 0 Å². The second-order valence-corrected chi connectivity index (χ2v) is 5.62. The lowest BCUT2D eigenvalue weighted by Gasteiger charge is -2.28. The molecule has 1 heteroatoms. The zero-order chi connectivity index (χ0) is 13.1. The van der Waals surface area contributed by atoms with Crippen molar-refractivity contribution in [3.63, 3.8) is 0 Å². The first-order chi connectivity index (χ1) is 7.98. The minimum atomic E-state index is 0.259. The van der Waals surface area contributed by atoms with E-state index in [1.807, 2.05) is 13.8 Å². The van der Waals surface area contributed by atoms with Gasteiger partial charge in [0.15, 0.2) is 0 Å². The molecule has 1 heterocycles. The van der Waals surface area contributed by atoms with Gasteiger partial charge in [-0.05, 0) is 47.9 Å². The summed E-state index contributed by atoms with van der Waals surface area (Å²) in [4.78, 5) is 0. The molecule has 1 aromatic rings. The van der Waals surface area contributed by atoms with Gasteiger partial charge in [-0.1, -0.05) is 40.7 Å². The second kappa shape index (κ2) is 5.57. The SMILES string of the molecule is CC.Cc1cc2c(c(C(C)(C)C)c1)CCCN2. The maximum Gasteiger partial charge on any atom is 0.0378 e. The fourth-order valence-corrected chi connectivity index (χ4v) is 2.40. The van der Waals surface area contributed by atoms with Crippen LogP contribution in [0.4, 0.5) is 5.69 Å². The third-order valence-electron chi connectivity index (χ3n) is 3.12. The first-order valence-electron chi connectivity index (χ1n) is 6.86. The molecule has 0 fully saturated rings. The number of anilines is 1. The minimum absolute atomic E-state index is 0.259. The van der Waals surface area contributed by atoms with Crippen LogP contribution in [0.15, 0.2) is 12.1 Å². The Kier molecular flexibility index (Phi) is 4.62. The van der Waals surface area contributed by atoms with Gasteiger partial charge in [0, 0.05) is 12.2 Å². The molecule has 1 aliphatic heterocycles. The molecule has 0 amide bonds. The normalized spacial score (nSPS) is 14.2. The van der Waals surface area contributed by atoms with Crippen molar-refractivity contribution in [3.05, 3.63) is 28.8 Å². The van der Waals surface area contributed by atoms with E-state index in [0.717, 1.165) is 6.54 Å². The quantitative estimate of drug-likeness (QED) is 0.686. The van der Waals surface area contributed by atoms with Gasteiger partial charge >= 0.3 is 0 Å². The van der Waals surface area contributed by atoms with Crippen molar-refractivity contribution in [1.82, 2.24) is 0 Å². The van der Waals surface area contributed by atoms with Gasteiger partial charge in [0.1, 0.15) is 0 Å². The summed E-state index contributed by atoms with van der Waals surface area (Å²) in [6, 6.07) is 4.63. The highest BCUT2D eigenvalue weighted by Crippen LogP contribution is 2.34. The Labute approximate surface area is 107 Å². The van der Waals surface area contributed by atoms with Crippen molar-refractivity contribution in [3.8, 4) is 0 Å². The van der Waals surface area contributed by atoms with Crippen LogP contribution in [0.3, 0.4) is 0 Å². The zero-order valence-corrected chi connectivity index (χ0v) is 12.3. The summed E-state index contributed by atoms with van der Waals surface area (Å²) in [6.07, 6.45) is 2.49.